The maximum Gasteiger partial charge on any atom is 0.253 e. The summed E-state index contributed by atoms with van der Waals surface area (Å²) in [7, 11) is 0. The second kappa shape index (κ2) is 8.08. The van der Waals surface area contributed by atoms with Crippen molar-refractivity contribution in [1.82, 2.24) is 14.8 Å². The molecule has 1 aliphatic heterocycles. The molecule has 4 rings (SSSR count). The largest absolute Gasteiger partial charge is 0.444 e. The smallest absolute Gasteiger partial charge is 0.253 e. The summed E-state index contributed by atoms with van der Waals surface area (Å²) in [5, 5.41) is 0. The molecule has 0 atom stereocenters. The summed E-state index contributed by atoms with van der Waals surface area (Å²) >= 11 is 0. The number of carbonyl (C=O) groups excluding carboxylic acids is 2. The van der Waals surface area contributed by atoms with E-state index in [9.17, 15) is 9.59 Å². The molecule has 0 saturated carbocycles. The summed E-state index contributed by atoms with van der Waals surface area (Å²) < 4.78 is 5.50. The van der Waals surface area contributed by atoms with Crippen LogP contribution in [0.15, 0.2) is 71.3 Å². The third-order valence-electron chi connectivity index (χ3n) is 4.85. The zero-order chi connectivity index (χ0) is 19.3. The predicted molar refractivity (Wildman–Crippen MR) is 105 cm³/mol. The van der Waals surface area contributed by atoms with E-state index in [0.29, 0.717) is 43.3 Å². The van der Waals surface area contributed by atoms with E-state index < -0.39 is 0 Å². The van der Waals surface area contributed by atoms with Gasteiger partial charge in [-0.15, -0.1) is 0 Å². The van der Waals surface area contributed by atoms with E-state index in [1.54, 1.807) is 9.80 Å². The highest BCUT2D eigenvalue weighted by molar-refractivity contribution is 5.94. The topological polar surface area (TPSA) is 66.7 Å². The number of hydrogen-bond acceptors (Lipinski definition) is 4. The van der Waals surface area contributed by atoms with Crippen molar-refractivity contribution in [3.8, 4) is 11.5 Å². The van der Waals surface area contributed by atoms with Gasteiger partial charge >= 0.3 is 0 Å². The van der Waals surface area contributed by atoms with E-state index >= 15 is 0 Å². The molecule has 28 heavy (non-hydrogen) atoms. The number of nitrogens with zero attached hydrogens (tertiary/aromatic N) is 3. The van der Waals surface area contributed by atoms with Crippen molar-refractivity contribution in [1.29, 1.82) is 0 Å². The fraction of sp³-hybridized carbons (Fsp3) is 0.227. The molecule has 2 amide bonds. The van der Waals surface area contributed by atoms with Gasteiger partial charge in [-0.1, -0.05) is 36.4 Å². The molecule has 1 saturated heterocycles. The molecule has 2 aromatic carbocycles. The molecule has 0 bridgehead atoms. The van der Waals surface area contributed by atoms with Crippen LogP contribution in [-0.4, -0.2) is 52.8 Å². The summed E-state index contributed by atoms with van der Waals surface area (Å²) in [5.74, 6) is 0.526. The first-order valence-corrected chi connectivity index (χ1v) is 9.32. The van der Waals surface area contributed by atoms with Crippen LogP contribution in [0, 0.1) is 0 Å². The average molecular weight is 375 g/mol. The van der Waals surface area contributed by atoms with Gasteiger partial charge in [0.25, 0.3) is 5.91 Å². The first kappa shape index (κ1) is 18.0. The van der Waals surface area contributed by atoms with E-state index in [1.807, 2.05) is 60.7 Å². The summed E-state index contributed by atoms with van der Waals surface area (Å²) in [6.45, 7) is 2.13. The van der Waals surface area contributed by atoms with Gasteiger partial charge < -0.3 is 14.2 Å². The maximum atomic E-state index is 12.6. The van der Waals surface area contributed by atoms with Gasteiger partial charge in [0.2, 0.25) is 11.8 Å². The van der Waals surface area contributed by atoms with E-state index in [1.165, 1.54) is 6.26 Å². The lowest BCUT2D eigenvalue weighted by Gasteiger charge is -2.34. The number of carbonyl (C=O) groups is 2. The maximum absolute atomic E-state index is 12.6. The zero-order valence-electron chi connectivity index (χ0n) is 15.5. The van der Waals surface area contributed by atoms with Crippen molar-refractivity contribution in [2.75, 3.05) is 26.2 Å². The second-order valence-corrected chi connectivity index (χ2v) is 6.73. The highest BCUT2D eigenvalue weighted by Crippen LogP contribution is 2.18. The Balaban J connectivity index is 1.32. The van der Waals surface area contributed by atoms with Crippen molar-refractivity contribution < 1.29 is 14.0 Å². The van der Waals surface area contributed by atoms with Gasteiger partial charge in [0.15, 0.2) is 0 Å². The normalized spacial score (nSPS) is 14.1. The van der Waals surface area contributed by atoms with Crippen molar-refractivity contribution in [3.05, 3.63) is 78.2 Å². The Morgan fingerprint density at radius 1 is 0.857 bits per heavy atom. The Morgan fingerprint density at radius 2 is 1.46 bits per heavy atom. The molecule has 0 radical (unpaired) electrons. The first-order chi connectivity index (χ1) is 13.7. The Labute approximate surface area is 163 Å². The number of rotatable bonds is 4. The second-order valence-electron chi connectivity index (χ2n) is 6.73. The molecule has 0 N–H and O–H groups in total. The molecule has 0 unspecified atom stereocenters. The third kappa shape index (κ3) is 3.96. The quantitative estimate of drug-likeness (QED) is 0.703. The van der Waals surface area contributed by atoms with Gasteiger partial charge in [-0.3, -0.25) is 9.59 Å². The minimum atomic E-state index is -0.000258. The van der Waals surface area contributed by atoms with Crippen LogP contribution in [0.4, 0.5) is 0 Å². The minimum absolute atomic E-state index is 0.000258. The number of benzene rings is 2. The average Bonchev–Trinajstić information content (AvgIpc) is 3.23. The Hall–Kier alpha value is -3.41. The highest BCUT2D eigenvalue weighted by atomic mass is 16.3. The van der Waals surface area contributed by atoms with Crippen LogP contribution in [0.2, 0.25) is 0 Å². The lowest BCUT2D eigenvalue weighted by Crippen LogP contribution is -2.51. The van der Waals surface area contributed by atoms with Crippen LogP contribution in [0.1, 0.15) is 16.1 Å². The Morgan fingerprint density at radius 3 is 2.14 bits per heavy atom. The lowest BCUT2D eigenvalue weighted by atomic mass is 10.1. The molecule has 1 aliphatic rings. The molecular formula is C22H21N3O3. The van der Waals surface area contributed by atoms with Crippen molar-refractivity contribution >= 4 is 11.8 Å². The zero-order valence-corrected chi connectivity index (χ0v) is 15.5. The molecule has 0 aliphatic carbocycles. The first-order valence-electron chi connectivity index (χ1n) is 9.32. The molecule has 6 heteroatoms. The summed E-state index contributed by atoms with van der Waals surface area (Å²) in [6, 6.07) is 18.8. The summed E-state index contributed by atoms with van der Waals surface area (Å²) in [5.41, 5.74) is 2.18. The van der Waals surface area contributed by atoms with E-state index in [2.05, 4.69) is 4.98 Å². The molecule has 0 spiro atoms. The van der Waals surface area contributed by atoms with Gasteiger partial charge in [-0.2, -0.15) is 0 Å². The number of oxazole rings is 1. The molecular weight excluding hydrogens is 354 g/mol. The number of hydrogen-bond donors (Lipinski definition) is 0. The van der Waals surface area contributed by atoms with E-state index in [4.69, 9.17) is 4.42 Å². The molecule has 3 aromatic rings. The van der Waals surface area contributed by atoms with Crippen molar-refractivity contribution in [3.63, 3.8) is 0 Å². The van der Waals surface area contributed by atoms with Crippen LogP contribution in [0.25, 0.3) is 11.5 Å². The number of piperazine rings is 1. The van der Waals surface area contributed by atoms with Crippen LogP contribution >= 0.6 is 0 Å². The van der Waals surface area contributed by atoms with Gasteiger partial charge in [0.05, 0.1) is 12.1 Å². The third-order valence-corrected chi connectivity index (χ3v) is 4.85. The van der Waals surface area contributed by atoms with Crippen molar-refractivity contribution in [2.24, 2.45) is 0 Å². The van der Waals surface area contributed by atoms with Gasteiger partial charge in [0.1, 0.15) is 6.26 Å². The van der Waals surface area contributed by atoms with Crippen LogP contribution in [-0.2, 0) is 11.2 Å². The van der Waals surface area contributed by atoms with Crippen LogP contribution < -0.4 is 0 Å². The van der Waals surface area contributed by atoms with Gasteiger partial charge in [-0.05, 0) is 24.3 Å². The fourth-order valence-corrected chi connectivity index (χ4v) is 3.29. The molecule has 2 heterocycles. The molecule has 142 valence electrons. The molecule has 1 fully saturated rings. The van der Waals surface area contributed by atoms with Gasteiger partial charge in [0, 0.05) is 37.3 Å². The monoisotopic (exact) mass is 375 g/mol. The van der Waals surface area contributed by atoms with Crippen LogP contribution in [0.5, 0.6) is 0 Å². The lowest BCUT2D eigenvalue weighted by molar-refractivity contribution is -0.132. The summed E-state index contributed by atoms with van der Waals surface area (Å²) in [4.78, 5) is 33.1. The molecule has 6 nitrogen and oxygen atoms in total. The summed E-state index contributed by atoms with van der Waals surface area (Å²) in [6.07, 6.45) is 1.73. The van der Waals surface area contributed by atoms with Gasteiger partial charge in [-0.25, -0.2) is 4.98 Å². The van der Waals surface area contributed by atoms with E-state index in [-0.39, 0.29) is 18.2 Å². The minimum Gasteiger partial charge on any atom is -0.444 e. The Kier molecular flexibility index (Phi) is 5.19. The van der Waals surface area contributed by atoms with E-state index in [0.717, 1.165) is 5.56 Å². The molecule has 1 aromatic heterocycles. The SMILES string of the molecule is O=C(Cc1coc(-c2ccccc2)n1)N1CCN(C(=O)c2ccccc2)CC1. The van der Waals surface area contributed by atoms with Crippen molar-refractivity contribution in [2.45, 2.75) is 6.42 Å². The Bertz CT molecular complexity index is 945. The van der Waals surface area contributed by atoms with Crippen LogP contribution in [0.3, 0.4) is 0 Å². The fourth-order valence-electron chi connectivity index (χ4n) is 3.29. The highest BCUT2D eigenvalue weighted by Gasteiger charge is 2.25. The number of amides is 2. The number of aromatic nitrogens is 1. The predicted octanol–water partition coefficient (Wildman–Crippen LogP) is 2.87. The standard InChI is InChI=1S/C22H21N3O3/c26-20(15-19-16-28-21(23-19)17-7-3-1-4-8-17)24-11-13-25(14-12-24)22(27)18-9-5-2-6-10-18/h1-10,16H,11-15H2.